The minimum Gasteiger partial charge on any atom is -0.508 e. The Morgan fingerprint density at radius 3 is 2.24 bits per heavy atom. The van der Waals surface area contributed by atoms with E-state index >= 15 is 0 Å². The predicted octanol–water partition coefficient (Wildman–Crippen LogP) is 2.91. The second-order valence-electron chi connectivity index (χ2n) is 5.31. The highest BCUT2D eigenvalue weighted by Crippen LogP contribution is 2.24. The zero-order valence-electron chi connectivity index (χ0n) is 12.1. The summed E-state index contributed by atoms with van der Waals surface area (Å²) in [4.78, 5) is 0. The van der Waals surface area contributed by atoms with Crippen LogP contribution in [-0.2, 0) is 13.0 Å². The van der Waals surface area contributed by atoms with Gasteiger partial charge in [0.1, 0.15) is 5.75 Å². The molecule has 4 nitrogen and oxygen atoms in total. The number of phenols is 3. The Hall–Kier alpha value is -2.20. The van der Waals surface area contributed by atoms with E-state index in [0.717, 1.165) is 18.4 Å². The highest BCUT2D eigenvalue weighted by Gasteiger charge is 2.05. The maximum Gasteiger partial charge on any atom is 0.157 e. The average molecular weight is 287 g/mol. The molecular weight excluding hydrogens is 266 g/mol. The van der Waals surface area contributed by atoms with Crippen molar-refractivity contribution < 1.29 is 15.3 Å². The van der Waals surface area contributed by atoms with Crippen molar-refractivity contribution in [2.75, 3.05) is 0 Å². The monoisotopic (exact) mass is 287 g/mol. The molecule has 2 aromatic rings. The summed E-state index contributed by atoms with van der Waals surface area (Å²) in [5.74, 6) is 0.0993. The van der Waals surface area contributed by atoms with E-state index in [9.17, 15) is 15.3 Å². The van der Waals surface area contributed by atoms with E-state index in [-0.39, 0.29) is 17.2 Å². The molecule has 1 atom stereocenters. The normalized spacial score (nSPS) is 12.2. The standard InChI is InChI=1S/C17H21NO3/c1-12(2-3-13-4-7-15(19)8-5-13)18-11-14-6-9-16(20)17(21)10-14/h4-10,12,18-21H,2-3,11H2,1H3. The van der Waals surface area contributed by atoms with E-state index in [2.05, 4.69) is 12.2 Å². The van der Waals surface area contributed by atoms with Crippen LogP contribution < -0.4 is 5.32 Å². The van der Waals surface area contributed by atoms with Gasteiger partial charge in [-0.15, -0.1) is 0 Å². The van der Waals surface area contributed by atoms with Gasteiger partial charge in [-0.25, -0.2) is 0 Å². The van der Waals surface area contributed by atoms with Crippen molar-refractivity contribution >= 4 is 0 Å². The summed E-state index contributed by atoms with van der Waals surface area (Å²) >= 11 is 0. The third kappa shape index (κ3) is 4.68. The molecule has 2 aromatic carbocycles. The molecule has 0 aliphatic rings. The molecular formula is C17H21NO3. The summed E-state index contributed by atoms with van der Waals surface area (Å²) in [6, 6.07) is 12.4. The Balaban J connectivity index is 1.77. The first-order chi connectivity index (χ1) is 10.0. The van der Waals surface area contributed by atoms with Gasteiger partial charge in [0.15, 0.2) is 11.5 Å². The SMILES string of the molecule is CC(CCc1ccc(O)cc1)NCc1ccc(O)c(O)c1. The molecule has 0 aliphatic carbocycles. The van der Waals surface area contributed by atoms with Gasteiger partial charge >= 0.3 is 0 Å². The second-order valence-corrected chi connectivity index (χ2v) is 5.31. The lowest BCUT2D eigenvalue weighted by molar-refractivity contribution is 0.402. The molecule has 0 bridgehead atoms. The molecule has 2 rings (SSSR count). The summed E-state index contributed by atoms with van der Waals surface area (Å²) in [7, 11) is 0. The van der Waals surface area contributed by atoms with Gasteiger partial charge in [-0.2, -0.15) is 0 Å². The third-order valence-electron chi connectivity index (χ3n) is 3.50. The summed E-state index contributed by atoms with van der Waals surface area (Å²) in [5, 5.41) is 31.3. The van der Waals surface area contributed by atoms with Gasteiger partial charge in [-0.3, -0.25) is 0 Å². The molecule has 0 spiro atoms. The van der Waals surface area contributed by atoms with Crippen molar-refractivity contribution in [1.82, 2.24) is 5.32 Å². The van der Waals surface area contributed by atoms with E-state index in [4.69, 9.17) is 0 Å². The number of hydrogen-bond acceptors (Lipinski definition) is 4. The number of benzene rings is 2. The topological polar surface area (TPSA) is 72.7 Å². The molecule has 0 heterocycles. The quantitative estimate of drug-likeness (QED) is 0.616. The van der Waals surface area contributed by atoms with Crippen LogP contribution in [0.2, 0.25) is 0 Å². The number of rotatable bonds is 6. The second kappa shape index (κ2) is 6.99. The Morgan fingerprint density at radius 1 is 0.905 bits per heavy atom. The summed E-state index contributed by atoms with van der Waals surface area (Å²) in [6.45, 7) is 2.76. The van der Waals surface area contributed by atoms with E-state index in [1.165, 1.54) is 11.6 Å². The van der Waals surface area contributed by atoms with Crippen LogP contribution in [0.4, 0.5) is 0 Å². The summed E-state index contributed by atoms with van der Waals surface area (Å²) in [6.07, 6.45) is 1.92. The fourth-order valence-electron chi connectivity index (χ4n) is 2.12. The van der Waals surface area contributed by atoms with Gasteiger partial charge in [0.2, 0.25) is 0 Å². The molecule has 0 aromatic heterocycles. The van der Waals surface area contributed by atoms with E-state index in [1.54, 1.807) is 24.3 Å². The third-order valence-corrected chi connectivity index (χ3v) is 3.50. The molecule has 0 fully saturated rings. The lowest BCUT2D eigenvalue weighted by Gasteiger charge is -2.14. The molecule has 1 unspecified atom stereocenters. The number of phenolic OH excluding ortho intramolecular Hbond substituents is 3. The van der Waals surface area contributed by atoms with Gasteiger partial charge in [-0.05, 0) is 55.2 Å². The van der Waals surface area contributed by atoms with Crippen LogP contribution in [0.1, 0.15) is 24.5 Å². The zero-order chi connectivity index (χ0) is 15.2. The summed E-state index contributed by atoms with van der Waals surface area (Å²) in [5.41, 5.74) is 2.13. The van der Waals surface area contributed by atoms with E-state index in [1.807, 2.05) is 12.1 Å². The number of hydrogen-bond donors (Lipinski definition) is 4. The van der Waals surface area contributed by atoms with Crippen molar-refractivity contribution in [3.63, 3.8) is 0 Å². The molecule has 4 N–H and O–H groups in total. The molecule has 4 heteroatoms. The lowest BCUT2D eigenvalue weighted by Crippen LogP contribution is -2.25. The van der Waals surface area contributed by atoms with Crippen molar-refractivity contribution in [1.29, 1.82) is 0 Å². The predicted molar refractivity (Wildman–Crippen MR) is 82.5 cm³/mol. The first-order valence-electron chi connectivity index (χ1n) is 7.07. The van der Waals surface area contributed by atoms with Gasteiger partial charge in [-0.1, -0.05) is 18.2 Å². The lowest BCUT2D eigenvalue weighted by atomic mass is 10.1. The van der Waals surface area contributed by atoms with Gasteiger partial charge in [0, 0.05) is 12.6 Å². The van der Waals surface area contributed by atoms with Gasteiger partial charge < -0.3 is 20.6 Å². The molecule has 0 aliphatic heterocycles. The smallest absolute Gasteiger partial charge is 0.157 e. The molecule has 0 saturated carbocycles. The Labute approximate surface area is 124 Å². The number of nitrogens with one attached hydrogen (secondary N) is 1. The molecule has 0 saturated heterocycles. The Kier molecular flexibility index (Phi) is 5.06. The van der Waals surface area contributed by atoms with E-state index in [0.29, 0.717) is 12.6 Å². The fraction of sp³-hybridized carbons (Fsp3) is 0.294. The highest BCUT2D eigenvalue weighted by molar-refractivity contribution is 5.40. The first kappa shape index (κ1) is 15.2. The summed E-state index contributed by atoms with van der Waals surface area (Å²) < 4.78 is 0. The molecule has 0 amide bonds. The van der Waals surface area contributed by atoms with Crippen molar-refractivity contribution in [3.05, 3.63) is 53.6 Å². The Bertz CT molecular complexity index is 581. The number of aromatic hydroxyl groups is 3. The molecule has 112 valence electrons. The molecule has 21 heavy (non-hydrogen) atoms. The Morgan fingerprint density at radius 2 is 1.57 bits per heavy atom. The fourth-order valence-corrected chi connectivity index (χ4v) is 2.12. The van der Waals surface area contributed by atoms with Crippen LogP contribution in [0.15, 0.2) is 42.5 Å². The maximum absolute atomic E-state index is 9.44. The largest absolute Gasteiger partial charge is 0.508 e. The van der Waals surface area contributed by atoms with Crippen LogP contribution in [-0.4, -0.2) is 21.4 Å². The van der Waals surface area contributed by atoms with Gasteiger partial charge in [0.25, 0.3) is 0 Å². The van der Waals surface area contributed by atoms with Crippen molar-refractivity contribution in [2.45, 2.75) is 32.4 Å². The van der Waals surface area contributed by atoms with Crippen molar-refractivity contribution in [3.8, 4) is 17.2 Å². The minimum absolute atomic E-state index is 0.0916. The maximum atomic E-state index is 9.44. The zero-order valence-corrected chi connectivity index (χ0v) is 12.1. The van der Waals surface area contributed by atoms with Crippen LogP contribution >= 0.6 is 0 Å². The first-order valence-corrected chi connectivity index (χ1v) is 7.07. The minimum atomic E-state index is -0.0980. The van der Waals surface area contributed by atoms with Crippen molar-refractivity contribution in [2.24, 2.45) is 0 Å². The van der Waals surface area contributed by atoms with E-state index < -0.39 is 0 Å². The highest BCUT2D eigenvalue weighted by atomic mass is 16.3. The van der Waals surface area contributed by atoms with Crippen LogP contribution in [0, 0.1) is 0 Å². The average Bonchev–Trinajstić information content (AvgIpc) is 2.48. The van der Waals surface area contributed by atoms with Crippen LogP contribution in [0.3, 0.4) is 0 Å². The van der Waals surface area contributed by atoms with Gasteiger partial charge in [0.05, 0.1) is 0 Å². The molecule has 0 radical (unpaired) electrons. The number of aryl methyl sites for hydroxylation is 1. The van der Waals surface area contributed by atoms with Crippen LogP contribution in [0.5, 0.6) is 17.2 Å². The van der Waals surface area contributed by atoms with Crippen LogP contribution in [0.25, 0.3) is 0 Å².